The molecule has 1 aliphatic carbocycles. The lowest BCUT2D eigenvalue weighted by molar-refractivity contribution is 0.0528. The number of hydrogen-bond acceptors (Lipinski definition) is 8. The Kier molecular flexibility index (Phi) is 7.45. The van der Waals surface area contributed by atoms with Gasteiger partial charge in [-0.15, -0.1) is 0 Å². The molecule has 0 radical (unpaired) electrons. The zero-order valence-electron chi connectivity index (χ0n) is 20.5. The number of carbonyl (C=O) groups excluding carboxylic acids is 2. The molecule has 1 amide bonds. The summed E-state index contributed by atoms with van der Waals surface area (Å²) in [7, 11) is 0. The SMILES string of the molecule is CCOC(=O)c1cccc2nc(N3CCC(NC(=O)c4nc(Cl)c(CC)[nH]4)C(NCC4CC4)C3)sc12. The fraction of sp³-hybridized carbons (Fsp3) is 0.520. The van der Waals surface area contributed by atoms with Crippen molar-refractivity contribution >= 4 is 50.2 Å². The smallest absolute Gasteiger partial charge is 0.339 e. The van der Waals surface area contributed by atoms with E-state index in [9.17, 15) is 9.59 Å². The van der Waals surface area contributed by atoms with Gasteiger partial charge < -0.3 is 25.3 Å². The van der Waals surface area contributed by atoms with Crippen molar-refractivity contribution in [3.63, 3.8) is 0 Å². The van der Waals surface area contributed by atoms with Crippen molar-refractivity contribution in [3.05, 3.63) is 40.4 Å². The molecule has 3 N–H and O–H groups in total. The first kappa shape index (κ1) is 25.0. The number of hydrogen-bond donors (Lipinski definition) is 3. The number of thiazole rings is 1. The highest BCUT2D eigenvalue weighted by molar-refractivity contribution is 7.22. The van der Waals surface area contributed by atoms with Crippen LogP contribution in [0.3, 0.4) is 0 Å². The number of esters is 1. The van der Waals surface area contributed by atoms with Crippen LogP contribution in [-0.4, -0.2) is 65.2 Å². The Hall–Kier alpha value is -2.69. The first-order valence-corrected chi connectivity index (χ1v) is 13.8. The largest absolute Gasteiger partial charge is 0.462 e. The van der Waals surface area contributed by atoms with E-state index in [4.69, 9.17) is 21.3 Å². The zero-order chi connectivity index (χ0) is 25.2. The van der Waals surface area contributed by atoms with Gasteiger partial charge >= 0.3 is 5.97 Å². The van der Waals surface area contributed by atoms with Crippen LogP contribution >= 0.6 is 22.9 Å². The van der Waals surface area contributed by atoms with Crippen molar-refractivity contribution in [2.75, 3.05) is 31.1 Å². The number of aromatic amines is 1. The van der Waals surface area contributed by atoms with Crippen molar-refractivity contribution < 1.29 is 14.3 Å². The molecule has 3 aromatic rings. The standard InChI is InChI=1S/C25H31ClN6O3S/c1-3-16-21(26)31-22(28-16)23(33)29-17-10-11-32(13-19(17)27-12-14-8-9-14)25-30-18-7-5-6-15(20(18)36-25)24(34)35-4-2/h5-7,14,17,19,27H,3-4,8-13H2,1-2H3,(H,28,31)(H,29,33). The predicted molar refractivity (Wildman–Crippen MR) is 141 cm³/mol. The Balaban J connectivity index is 1.33. The summed E-state index contributed by atoms with van der Waals surface area (Å²) in [6.45, 7) is 6.47. The maximum Gasteiger partial charge on any atom is 0.339 e. The van der Waals surface area contributed by atoms with Gasteiger partial charge in [-0.05, 0) is 57.2 Å². The molecule has 192 valence electrons. The van der Waals surface area contributed by atoms with Crippen molar-refractivity contribution in [2.24, 2.45) is 5.92 Å². The fourth-order valence-corrected chi connectivity index (χ4v) is 5.92. The molecular formula is C25H31ClN6O3S. The zero-order valence-corrected chi connectivity index (χ0v) is 22.0. The maximum atomic E-state index is 13.0. The van der Waals surface area contributed by atoms with E-state index in [1.165, 1.54) is 24.2 Å². The Morgan fingerprint density at radius 2 is 2.06 bits per heavy atom. The third-order valence-corrected chi connectivity index (χ3v) is 8.24. The van der Waals surface area contributed by atoms with E-state index in [0.29, 0.717) is 36.2 Å². The van der Waals surface area contributed by atoms with Gasteiger partial charge in [0.1, 0.15) is 0 Å². The van der Waals surface area contributed by atoms with Gasteiger partial charge in [0.15, 0.2) is 16.1 Å². The fourth-order valence-electron chi connectivity index (χ4n) is 4.55. The van der Waals surface area contributed by atoms with Crippen molar-refractivity contribution in [3.8, 4) is 0 Å². The van der Waals surface area contributed by atoms with Crippen LogP contribution in [0, 0.1) is 5.92 Å². The van der Waals surface area contributed by atoms with Crippen LogP contribution < -0.4 is 15.5 Å². The minimum absolute atomic E-state index is 0.0501. The van der Waals surface area contributed by atoms with Crippen LogP contribution in [-0.2, 0) is 11.2 Å². The first-order valence-electron chi connectivity index (χ1n) is 12.6. The molecule has 36 heavy (non-hydrogen) atoms. The summed E-state index contributed by atoms with van der Waals surface area (Å²) in [5.41, 5.74) is 2.10. The summed E-state index contributed by atoms with van der Waals surface area (Å²) in [6, 6.07) is 5.55. The Bertz CT molecular complexity index is 1260. The summed E-state index contributed by atoms with van der Waals surface area (Å²) in [4.78, 5) is 39.7. The van der Waals surface area contributed by atoms with E-state index in [1.807, 2.05) is 19.1 Å². The molecule has 0 bridgehead atoms. The highest BCUT2D eigenvalue weighted by Crippen LogP contribution is 2.34. The number of nitrogens with zero attached hydrogens (tertiary/aromatic N) is 3. The first-order chi connectivity index (χ1) is 17.5. The van der Waals surface area contributed by atoms with Crippen LogP contribution in [0.25, 0.3) is 10.2 Å². The monoisotopic (exact) mass is 530 g/mol. The number of amides is 1. The molecule has 2 aromatic heterocycles. The Labute approximate surface area is 219 Å². The van der Waals surface area contributed by atoms with Crippen LogP contribution in [0.15, 0.2) is 18.2 Å². The number of rotatable bonds is 9. The third kappa shape index (κ3) is 5.35. The van der Waals surface area contributed by atoms with Gasteiger partial charge in [-0.1, -0.05) is 35.9 Å². The van der Waals surface area contributed by atoms with Gasteiger partial charge in [-0.2, -0.15) is 0 Å². The molecule has 2 unspecified atom stereocenters. The van der Waals surface area contributed by atoms with Gasteiger partial charge in [-0.3, -0.25) is 4.79 Å². The second kappa shape index (κ2) is 10.7. The number of aryl methyl sites for hydroxylation is 1. The molecule has 2 fully saturated rings. The number of H-pyrrole nitrogens is 1. The van der Waals surface area contributed by atoms with E-state index in [0.717, 1.165) is 40.6 Å². The molecule has 0 spiro atoms. The number of ether oxygens (including phenoxy) is 1. The minimum Gasteiger partial charge on any atom is -0.462 e. The predicted octanol–water partition coefficient (Wildman–Crippen LogP) is 3.79. The average Bonchev–Trinajstić information content (AvgIpc) is 3.47. The van der Waals surface area contributed by atoms with Crippen molar-refractivity contribution in [2.45, 2.75) is 51.6 Å². The quantitative estimate of drug-likeness (QED) is 0.361. The average molecular weight is 531 g/mol. The molecule has 1 aliphatic heterocycles. The Morgan fingerprint density at radius 1 is 1.22 bits per heavy atom. The number of nitrogens with one attached hydrogen (secondary N) is 3. The van der Waals surface area contributed by atoms with Crippen LogP contribution in [0.2, 0.25) is 5.15 Å². The van der Waals surface area contributed by atoms with Crippen molar-refractivity contribution in [1.82, 2.24) is 25.6 Å². The number of halogens is 1. The second-order valence-corrected chi connectivity index (χ2v) is 10.7. The molecule has 1 saturated carbocycles. The van der Waals surface area contributed by atoms with E-state index in [2.05, 4.69) is 25.5 Å². The van der Waals surface area contributed by atoms with Gasteiger partial charge in [0, 0.05) is 25.2 Å². The molecule has 5 rings (SSSR count). The number of aromatic nitrogens is 3. The highest BCUT2D eigenvalue weighted by atomic mass is 35.5. The number of fused-ring (bicyclic) bond motifs is 1. The molecule has 3 heterocycles. The van der Waals surface area contributed by atoms with E-state index >= 15 is 0 Å². The number of benzene rings is 1. The number of carbonyl (C=O) groups is 2. The molecule has 9 nitrogen and oxygen atoms in total. The minimum atomic E-state index is -0.326. The Morgan fingerprint density at radius 3 is 2.78 bits per heavy atom. The maximum absolute atomic E-state index is 13.0. The number of anilines is 1. The second-order valence-electron chi connectivity index (χ2n) is 9.35. The molecule has 2 aliphatic rings. The summed E-state index contributed by atoms with van der Waals surface area (Å²) in [5.74, 6) is 0.389. The molecule has 11 heteroatoms. The summed E-state index contributed by atoms with van der Waals surface area (Å²) in [5, 5.41) is 8.08. The highest BCUT2D eigenvalue weighted by Gasteiger charge is 2.34. The van der Waals surface area contributed by atoms with Crippen molar-refractivity contribution in [1.29, 1.82) is 0 Å². The normalized spacial score (nSPS) is 20.0. The van der Waals surface area contributed by atoms with Crippen LogP contribution in [0.5, 0.6) is 0 Å². The lowest BCUT2D eigenvalue weighted by Crippen LogP contribution is -2.60. The summed E-state index contributed by atoms with van der Waals surface area (Å²) < 4.78 is 6.07. The van der Waals surface area contributed by atoms with Crippen LogP contribution in [0.4, 0.5) is 5.13 Å². The number of imidazole rings is 1. The van der Waals surface area contributed by atoms with Gasteiger partial charge in [0.05, 0.1) is 28.1 Å². The van der Waals surface area contributed by atoms with E-state index in [-0.39, 0.29) is 29.8 Å². The van der Waals surface area contributed by atoms with E-state index < -0.39 is 0 Å². The molecular weight excluding hydrogens is 500 g/mol. The third-order valence-electron chi connectivity index (χ3n) is 6.76. The molecule has 2 atom stereocenters. The lowest BCUT2D eigenvalue weighted by atomic mass is 9.99. The van der Waals surface area contributed by atoms with Gasteiger partial charge in [0.25, 0.3) is 5.91 Å². The van der Waals surface area contributed by atoms with Gasteiger partial charge in [0.2, 0.25) is 0 Å². The summed E-state index contributed by atoms with van der Waals surface area (Å²) in [6.07, 6.45) is 3.94. The molecule has 1 saturated heterocycles. The topological polar surface area (TPSA) is 112 Å². The van der Waals surface area contributed by atoms with E-state index in [1.54, 1.807) is 13.0 Å². The molecule has 1 aromatic carbocycles. The lowest BCUT2D eigenvalue weighted by Gasteiger charge is -2.39. The number of piperidine rings is 1. The summed E-state index contributed by atoms with van der Waals surface area (Å²) >= 11 is 7.66. The van der Waals surface area contributed by atoms with Crippen LogP contribution in [0.1, 0.15) is 59.8 Å². The van der Waals surface area contributed by atoms with Gasteiger partial charge in [-0.25, -0.2) is 14.8 Å².